The van der Waals surface area contributed by atoms with Crippen LogP contribution in [0.5, 0.6) is 0 Å². The lowest BCUT2D eigenvalue weighted by Gasteiger charge is -2.26. The highest BCUT2D eigenvalue weighted by Gasteiger charge is 2.20. The van der Waals surface area contributed by atoms with Gasteiger partial charge in [-0.05, 0) is 19.4 Å². The van der Waals surface area contributed by atoms with Crippen molar-refractivity contribution in [2.45, 2.75) is 30.9 Å². The lowest BCUT2D eigenvalue weighted by Crippen LogP contribution is -2.43. The van der Waals surface area contributed by atoms with Gasteiger partial charge in [0.2, 0.25) is 5.91 Å². The molecule has 2 N–H and O–H groups in total. The Morgan fingerprint density at radius 2 is 1.94 bits per heavy atom. The molecule has 100 valence electrons. The van der Waals surface area contributed by atoms with Crippen LogP contribution in [0.2, 0.25) is 0 Å². The first kappa shape index (κ1) is 15.1. The van der Waals surface area contributed by atoms with Crippen LogP contribution in [0.4, 0.5) is 0 Å². The first-order valence-corrected chi connectivity index (χ1v) is 7.23. The molecule has 0 aliphatic carbocycles. The zero-order chi connectivity index (χ0) is 13.5. The van der Waals surface area contributed by atoms with Crippen LogP contribution >= 0.6 is 11.8 Å². The Balaban J connectivity index is 2.45. The summed E-state index contributed by atoms with van der Waals surface area (Å²) in [7, 11) is 1.82. The minimum Gasteiger partial charge on any atom is -0.341 e. The highest BCUT2D eigenvalue weighted by Crippen LogP contribution is 2.19. The second-order valence-corrected chi connectivity index (χ2v) is 5.80. The zero-order valence-corrected chi connectivity index (χ0v) is 12.1. The molecule has 1 aromatic rings. The van der Waals surface area contributed by atoms with Gasteiger partial charge in [-0.15, -0.1) is 11.8 Å². The van der Waals surface area contributed by atoms with Gasteiger partial charge in [-0.3, -0.25) is 4.79 Å². The van der Waals surface area contributed by atoms with Crippen molar-refractivity contribution in [3.8, 4) is 0 Å². The van der Waals surface area contributed by atoms with E-state index in [0.29, 0.717) is 6.54 Å². The molecule has 2 unspecified atom stereocenters. The van der Waals surface area contributed by atoms with Gasteiger partial charge in [0, 0.05) is 25.4 Å². The number of benzene rings is 1. The van der Waals surface area contributed by atoms with Gasteiger partial charge < -0.3 is 10.6 Å². The Hall–Kier alpha value is -1.00. The molecule has 0 aromatic heterocycles. The maximum absolute atomic E-state index is 12.1. The van der Waals surface area contributed by atoms with Crippen molar-refractivity contribution < 1.29 is 4.79 Å². The summed E-state index contributed by atoms with van der Waals surface area (Å²) in [6.07, 6.45) is 0. The van der Waals surface area contributed by atoms with E-state index in [4.69, 9.17) is 5.73 Å². The number of nitrogens with two attached hydrogens (primary N) is 1. The average molecular weight is 266 g/mol. The summed E-state index contributed by atoms with van der Waals surface area (Å²) in [5, 5.41) is -0.0378. The van der Waals surface area contributed by atoms with E-state index in [9.17, 15) is 4.79 Å². The second kappa shape index (κ2) is 7.44. The molecule has 0 aliphatic heterocycles. The van der Waals surface area contributed by atoms with Gasteiger partial charge >= 0.3 is 0 Å². The van der Waals surface area contributed by atoms with Crippen LogP contribution in [-0.4, -0.2) is 35.7 Å². The molecule has 0 heterocycles. The lowest BCUT2D eigenvalue weighted by atomic mass is 10.2. The molecule has 18 heavy (non-hydrogen) atoms. The number of hydrogen-bond donors (Lipinski definition) is 1. The molecular weight excluding hydrogens is 244 g/mol. The summed E-state index contributed by atoms with van der Waals surface area (Å²) in [6.45, 7) is 4.42. The Bertz CT molecular complexity index is 369. The molecule has 0 aliphatic rings. The summed E-state index contributed by atoms with van der Waals surface area (Å²) in [4.78, 5) is 13.9. The van der Waals surface area contributed by atoms with E-state index >= 15 is 0 Å². The third kappa shape index (κ3) is 4.35. The Labute approximate surface area is 114 Å². The molecular formula is C14H22N2OS. The molecule has 0 fully saturated rings. The fraction of sp³-hybridized carbons (Fsp3) is 0.500. The second-order valence-electron chi connectivity index (χ2n) is 4.47. The maximum Gasteiger partial charge on any atom is 0.235 e. The van der Waals surface area contributed by atoms with Crippen molar-refractivity contribution in [2.24, 2.45) is 5.73 Å². The normalized spacial score (nSPS) is 14.0. The molecule has 1 amide bonds. The minimum absolute atomic E-state index is 0.0378. The smallest absolute Gasteiger partial charge is 0.235 e. The maximum atomic E-state index is 12.1. The van der Waals surface area contributed by atoms with Crippen molar-refractivity contribution in [2.75, 3.05) is 13.6 Å². The molecule has 3 nitrogen and oxygen atoms in total. The van der Waals surface area contributed by atoms with Crippen LogP contribution in [0.1, 0.15) is 19.4 Å². The van der Waals surface area contributed by atoms with Crippen molar-refractivity contribution in [1.82, 2.24) is 4.90 Å². The molecule has 0 bridgehead atoms. The van der Waals surface area contributed by atoms with Crippen molar-refractivity contribution in [1.29, 1.82) is 0 Å². The van der Waals surface area contributed by atoms with Gasteiger partial charge in [0.05, 0.1) is 5.25 Å². The van der Waals surface area contributed by atoms with E-state index in [1.807, 2.05) is 39.1 Å². The molecule has 0 saturated carbocycles. The number of nitrogens with zero attached hydrogens (tertiary/aromatic N) is 1. The molecule has 2 atom stereocenters. The van der Waals surface area contributed by atoms with E-state index in [2.05, 4.69) is 12.1 Å². The number of thioether (sulfide) groups is 1. The zero-order valence-electron chi connectivity index (χ0n) is 11.3. The predicted molar refractivity (Wildman–Crippen MR) is 78.5 cm³/mol. The van der Waals surface area contributed by atoms with Crippen LogP contribution < -0.4 is 5.73 Å². The van der Waals surface area contributed by atoms with Gasteiger partial charge in [-0.2, -0.15) is 0 Å². The largest absolute Gasteiger partial charge is 0.341 e. The molecule has 0 spiro atoms. The highest BCUT2D eigenvalue weighted by molar-refractivity contribution is 7.99. The summed E-state index contributed by atoms with van der Waals surface area (Å²) >= 11 is 1.66. The van der Waals surface area contributed by atoms with Crippen molar-refractivity contribution in [3.63, 3.8) is 0 Å². The third-order valence-electron chi connectivity index (χ3n) is 3.04. The summed E-state index contributed by atoms with van der Waals surface area (Å²) in [6, 6.07) is 10.3. The SMILES string of the molecule is CC(SCc1ccccc1)C(=O)N(C)C(C)CN. The molecule has 4 heteroatoms. The van der Waals surface area contributed by atoms with Gasteiger partial charge in [0.25, 0.3) is 0 Å². The van der Waals surface area contributed by atoms with E-state index in [-0.39, 0.29) is 17.2 Å². The number of amides is 1. The average Bonchev–Trinajstić information content (AvgIpc) is 2.43. The summed E-state index contributed by atoms with van der Waals surface area (Å²) in [5.74, 6) is 1.01. The minimum atomic E-state index is -0.0378. The monoisotopic (exact) mass is 266 g/mol. The Morgan fingerprint density at radius 3 is 2.50 bits per heavy atom. The Morgan fingerprint density at radius 1 is 1.33 bits per heavy atom. The number of carbonyl (C=O) groups is 1. The quantitative estimate of drug-likeness (QED) is 0.858. The van der Waals surface area contributed by atoms with E-state index in [1.165, 1.54) is 5.56 Å². The summed E-state index contributed by atoms with van der Waals surface area (Å²) in [5.41, 5.74) is 6.82. The van der Waals surface area contributed by atoms with Crippen molar-refractivity contribution >= 4 is 17.7 Å². The fourth-order valence-electron chi connectivity index (χ4n) is 1.53. The molecule has 1 rings (SSSR count). The van der Waals surface area contributed by atoms with Crippen LogP contribution in [0, 0.1) is 0 Å². The van der Waals surface area contributed by atoms with Crippen LogP contribution in [0.3, 0.4) is 0 Å². The van der Waals surface area contributed by atoms with Crippen LogP contribution in [0.15, 0.2) is 30.3 Å². The molecule has 1 aromatic carbocycles. The first-order valence-electron chi connectivity index (χ1n) is 6.18. The number of rotatable bonds is 6. The summed E-state index contributed by atoms with van der Waals surface area (Å²) < 4.78 is 0. The van der Waals surface area contributed by atoms with Crippen LogP contribution in [-0.2, 0) is 10.5 Å². The third-order valence-corrected chi connectivity index (χ3v) is 4.24. The van der Waals surface area contributed by atoms with E-state index in [1.54, 1.807) is 16.7 Å². The molecule has 0 saturated heterocycles. The van der Waals surface area contributed by atoms with Gasteiger partial charge in [-0.25, -0.2) is 0 Å². The number of hydrogen-bond acceptors (Lipinski definition) is 3. The first-order chi connectivity index (χ1) is 8.56. The lowest BCUT2D eigenvalue weighted by molar-refractivity contribution is -0.130. The number of likely N-dealkylation sites (N-methyl/N-ethyl adjacent to an activating group) is 1. The van der Waals surface area contributed by atoms with E-state index < -0.39 is 0 Å². The van der Waals surface area contributed by atoms with Gasteiger partial charge in [-0.1, -0.05) is 30.3 Å². The molecule has 0 radical (unpaired) electrons. The number of carbonyl (C=O) groups excluding carboxylic acids is 1. The van der Waals surface area contributed by atoms with E-state index in [0.717, 1.165) is 5.75 Å². The van der Waals surface area contributed by atoms with Crippen LogP contribution in [0.25, 0.3) is 0 Å². The van der Waals surface area contributed by atoms with Gasteiger partial charge in [0.1, 0.15) is 0 Å². The van der Waals surface area contributed by atoms with Crippen molar-refractivity contribution in [3.05, 3.63) is 35.9 Å². The topological polar surface area (TPSA) is 46.3 Å². The highest BCUT2D eigenvalue weighted by atomic mass is 32.2. The predicted octanol–water partition coefficient (Wildman–Crippen LogP) is 2.11. The Kier molecular flexibility index (Phi) is 6.22. The standard InChI is InChI=1S/C14H22N2OS/c1-11(9-15)16(3)14(17)12(2)18-10-13-7-5-4-6-8-13/h4-8,11-12H,9-10,15H2,1-3H3. The fourth-order valence-corrected chi connectivity index (χ4v) is 2.47. The van der Waals surface area contributed by atoms with Gasteiger partial charge in [0.15, 0.2) is 0 Å².